The summed E-state index contributed by atoms with van der Waals surface area (Å²) < 4.78 is 26.5. The Morgan fingerprint density at radius 2 is 1.85 bits per heavy atom. The number of piperidine rings is 1. The summed E-state index contributed by atoms with van der Waals surface area (Å²) in [5, 5.41) is 0. The highest BCUT2D eigenvalue weighted by atomic mass is 19.2. The fourth-order valence-electron chi connectivity index (χ4n) is 3.48. The van der Waals surface area contributed by atoms with E-state index in [4.69, 9.17) is 0 Å². The predicted molar refractivity (Wildman–Crippen MR) is 94.0 cm³/mol. The van der Waals surface area contributed by atoms with Gasteiger partial charge in [-0.15, -0.1) is 0 Å². The van der Waals surface area contributed by atoms with E-state index in [0.717, 1.165) is 38.1 Å². The van der Waals surface area contributed by atoms with Crippen LogP contribution in [-0.2, 0) is 4.79 Å². The zero-order chi connectivity index (χ0) is 18.8. The molecule has 2 saturated heterocycles. The first-order valence-corrected chi connectivity index (χ1v) is 8.82. The Kier molecular flexibility index (Phi) is 5.41. The Bertz CT molecular complexity index is 692. The number of likely N-dealkylation sites (tertiary alicyclic amines) is 1. The van der Waals surface area contributed by atoms with E-state index in [2.05, 4.69) is 11.9 Å². The zero-order valence-electron chi connectivity index (χ0n) is 15.1. The van der Waals surface area contributed by atoms with Gasteiger partial charge in [0, 0.05) is 37.9 Å². The maximum absolute atomic E-state index is 13.4. The molecular formula is C18H24F2N4O2. The second-order valence-corrected chi connectivity index (χ2v) is 6.99. The first-order chi connectivity index (χ1) is 12.4. The summed E-state index contributed by atoms with van der Waals surface area (Å²) in [6.45, 7) is 2.63. The normalized spacial score (nSPS) is 19.3. The van der Waals surface area contributed by atoms with E-state index in [1.165, 1.54) is 15.9 Å². The SMILES string of the molecule is CN1CCC(N(C)C(=O)CN2CCN(c3ccc(F)c(F)c3)C2=O)CC1. The molecule has 2 heterocycles. The Balaban J connectivity index is 1.59. The van der Waals surface area contributed by atoms with Gasteiger partial charge in [0.1, 0.15) is 6.54 Å². The van der Waals surface area contributed by atoms with Gasteiger partial charge in [-0.2, -0.15) is 0 Å². The molecule has 142 valence electrons. The number of rotatable bonds is 4. The van der Waals surface area contributed by atoms with Gasteiger partial charge < -0.3 is 14.7 Å². The molecule has 3 amide bonds. The van der Waals surface area contributed by atoms with Crippen molar-refractivity contribution in [3.05, 3.63) is 29.8 Å². The number of benzene rings is 1. The van der Waals surface area contributed by atoms with E-state index >= 15 is 0 Å². The number of anilines is 1. The summed E-state index contributed by atoms with van der Waals surface area (Å²) in [5.74, 6) is -2.04. The average Bonchev–Trinajstić information content (AvgIpc) is 2.98. The molecule has 1 aromatic rings. The van der Waals surface area contributed by atoms with Crippen LogP contribution in [0.4, 0.5) is 19.3 Å². The van der Waals surface area contributed by atoms with Crippen LogP contribution in [0, 0.1) is 11.6 Å². The minimum atomic E-state index is -0.994. The molecule has 0 saturated carbocycles. The largest absolute Gasteiger partial charge is 0.341 e. The van der Waals surface area contributed by atoms with Crippen molar-refractivity contribution in [1.82, 2.24) is 14.7 Å². The number of amides is 3. The lowest BCUT2D eigenvalue weighted by Gasteiger charge is -2.35. The van der Waals surface area contributed by atoms with E-state index in [9.17, 15) is 18.4 Å². The average molecular weight is 366 g/mol. The van der Waals surface area contributed by atoms with Crippen molar-refractivity contribution < 1.29 is 18.4 Å². The van der Waals surface area contributed by atoms with E-state index in [-0.39, 0.29) is 24.5 Å². The summed E-state index contributed by atoms with van der Waals surface area (Å²) in [6.07, 6.45) is 1.85. The topological polar surface area (TPSA) is 47.1 Å². The fraction of sp³-hybridized carbons (Fsp3) is 0.556. The summed E-state index contributed by atoms with van der Waals surface area (Å²) in [5.41, 5.74) is 0.299. The van der Waals surface area contributed by atoms with E-state index in [1.54, 1.807) is 11.9 Å². The van der Waals surface area contributed by atoms with Crippen molar-refractivity contribution in [3.63, 3.8) is 0 Å². The first-order valence-electron chi connectivity index (χ1n) is 8.82. The Morgan fingerprint density at radius 1 is 1.15 bits per heavy atom. The molecule has 6 nitrogen and oxygen atoms in total. The van der Waals surface area contributed by atoms with Crippen LogP contribution in [-0.4, -0.2) is 79.5 Å². The molecule has 0 radical (unpaired) electrons. The lowest BCUT2D eigenvalue weighted by Crippen LogP contribution is -2.48. The molecule has 26 heavy (non-hydrogen) atoms. The number of carbonyl (C=O) groups excluding carboxylic acids is 2. The maximum Gasteiger partial charge on any atom is 0.325 e. The van der Waals surface area contributed by atoms with E-state index < -0.39 is 11.6 Å². The zero-order valence-corrected chi connectivity index (χ0v) is 15.1. The first kappa shape index (κ1) is 18.6. The summed E-state index contributed by atoms with van der Waals surface area (Å²) in [4.78, 5) is 31.9. The number of hydrogen-bond acceptors (Lipinski definition) is 3. The van der Waals surface area contributed by atoms with Gasteiger partial charge in [-0.25, -0.2) is 13.6 Å². The minimum Gasteiger partial charge on any atom is -0.341 e. The predicted octanol–water partition coefficient (Wildman–Crippen LogP) is 1.76. The van der Waals surface area contributed by atoms with Crippen LogP contribution in [0.5, 0.6) is 0 Å². The van der Waals surface area contributed by atoms with Gasteiger partial charge in [-0.1, -0.05) is 0 Å². The third-order valence-electron chi connectivity index (χ3n) is 5.27. The molecule has 0 bridgehead atoms. The van der Waals surface area contributed by atoms with Crippen LogP contribution in [0.15, 0.2) is 18.2 Å². The molecule has 3 rings (SSSR count). The van der Waals surface area contributed by atoms with E-state index in [0.29, 0.717) is 18.8 Å². The number of hydrogen-bond donors (Lipinski definition) is 0. The third-order valence-corrected chi connectivity index (χ3v) is 5.27. The molecule has 0 atom stereocenters. The molecule has 1 aromatic carbocycles. The van der Waals surface area contributed by atoms with Crippen molar-refractivity contribution in [3.8, 4) is 0 Å². The van der Waals surface area contributed by atoms with Gasteiger partial charge in [-0.05, 0) is 45.1 Å². The molecule has 2 fully saturated rings. The number of halogens is 2. The molecule has 2 aliphatic rings. The quantitative estimate of drug-likeness (QED) is 0.816. The molecule has 0 aliphatic carbocycles. The van der Waals surface area contributed by atoms with Crippen molar-refractivity contribution in [1.29, 1.82) is 0 Å². The van der Waals surface area contributed by atoms with Gasteiger partial charge >= 0.3 is 6.03 Å². The standard InChI is InChI=1S/C18H24F2N4O2/c1-21-7-5-13(6-8-21)22(2)17(25)12-23-9-10-24(18(23)26)14-3-4-15(19)16(20)11-14/h3-4,11,13H,5-10,12H2,1-2H3. The number of urea groups is 1. The molecule has 0 N–H and O–H groups in total. The van der Waals surface area contributed by atoms with Gasteiger partial charge in [0.15, 0.2) is 11.6 Å². The van der Waals surface area contributed by atoms with Crippen molar-refractivity contribution >= 4 is 17.6 Å². The number of carbonyl (C=O) groups is 2. The molecule has 0 aromatic heterocycles. The van der Waals surface area contributed by atoms with Crippen LogP contribution in [0.2, 0.25) is 0 Å². The lowest BCUT2D eigenvalue weighted by molar-refractivity contribution is -0.133. The summed E-state index contributed by atoms with van der Waals surface area (Å²) in [6, 6.07) is 3.20. The van der Waals surface area contributed by atoms with Crippen LogP contribution in [0.25, 0.3) is 0 Å². The molecule has 0 unspecified atom stereocenters. The maximum atomic E-state index is 13.4. The summed E-state index contributed by atoms with van der Waals surface area (Å²) >= 11 is 0. The highest BCUT2D eigenvalue weighted by molar-refractivity contribution is 5.96. The van der Waals surface area contributed by atoms with Crippen molar-refractivity contribution in [2.75, 3.05) is 51.7 Å². The van der Waals surface area contributed by atoms with Crippen LogP contribution >= 0.6 is 0 Å². The third kappa shape index (κ3) is 3.80. The monoisotopic (exact) mass is 366 g/mol. The van der Waals surface area contributed by atoms with Gasteiger partial charge in [-0.3, -0.25) is 9.69 Å². The molecule has 2 aliphatic heterocycles. The molecular weight excluding hydrogens is 342 g/mol. The second-order valence-electron chi connectivity index (χ2n) is 6.99. The van der Waals surface area contributed by atoms with Crippen LogP contribution in [0.1, 0.15) is 12.8 Å². The number of likely N-dealkylation sites (N-methyl/N-ethyl adjacent to an activating group) is 1. The van der Waals surface area contributed by atoms with Crippen molar-refractivity contribution in [2.24, 2.45) is 0 Å². The summed E-state index contributed by atoms with van der Waals surface area (Å²) in [7, 11) is 3.85. The number of nitrogens with zero attached hydrogens (tertiary/aromatic N) is 4. The van der Waals surface area contributed by atoms with Crippen molar-refractivity contribution in [2.45, 2.75) is 18.9 Å². The Labute approximate surface area is 151 Å². The van der Waals surface area contributed by atoms with Gasteiger partial charge in [0.05, 0.1) is 0 Å². The lowest BCUT2D eigenvalue weighted by atomic mass is 10.0. The smallest absolute Gasteiger partial charge is 0.325 e. The van der Waals surface area contributed by atoms with Crippen LogP contribution in [0.3, 0.4) is 0 Å². The van der Waals surface area contributed by atoms with Crippen LogP contribution < -0.4 is 4.90 Å². The minimum absolute atomic E-state index is 0.00183. The van der Waals surface area contributed by atoms with Gasteiger partial charge in [0.25, 0.3) is 0 Å². The Hall–Kier alpha value is -2.22. The highest BCUT2D eigenvalue weighted by Crippen LogP contribution is 2.23. The fourth-order valence-corrected chi connectivity index (χ4v) is 3.48. The van der Waals surface area contributed by atoms with E-state index in [1.807, 2.05) is 0 Å². The van der Waals surface area contributed by atoms with Gasteiger partial charge in [0.2, 0.25) is 5.91 Å². The molecule has 0 spiro atoms. The Morgan fingerprint density at radius 3 is 2.50 bits per heavy atom. The highest BCUT2D eigenvalue weighted by Gasteiger charge is 2.33. The molecule has 8 heteroatoms. The second kappa shape index (κ2) is 7.57.